The molecule has 2 heterocycles. The highest BCUT2D eigenvalue weighted by atomic mass is 32.2. The quantitative estimate of drug-likeness (QED) is 0.624. The fourth-order valence-electron chi connectivity index (χ4n) is 2.24. The summed E-state index contributed by atoms with van der Waals surface area (Å²) in [4.78, 5) is 4.14. The zero-order valence-corrected chi connectivity index (χ0v) is 13.4. The highest BCUT2D eigenvalue weighted by Gasteiger charge is 2.31. The molecule has 0 spiro atoms. The van der Waals surface area contributed by atoms with Gasteiger partial charge in [-0.3, -0.25) is 4.98 Å². The van der Waals surface area contributed by atoms with E-state index in [-0.39, 0.29) is 23.7 Å². The third-order valence-corrected chi connectivity index (χ3v) is 4.65. The van der Waals surface area contributed by atoms with Gasteiger partial charge in [0.15, 0.2) is 5.84 Å². The molecule has 1 aromatic heterocycles. The van der Waals surface area contributed by atoms with Crippen LogP contribution in [0.15, 0.2) is 63.2 Å². The Morgan fingerprint density at radius 1 is 1.25 bits per heavy atom. The SMILES string of the molecule is N#CCCN(N=Cc1cccnc1)C1=NS(=O)(=O)c2ccccc21. The van der Waals surface area contributed by atoms with Gasteiger partial charge in [0.1, 0.15) is 4.90 Å². The van der Waals surface area contributed by atoms with Gasteiger partial charge in [0.05, 0.1) is 25.2 Å². The first-order valence-corrected chi connectivity index (χ1v) is 8.59. The van der Waals surface area contributed by atoms with E-state index in [9.17, 15) is 8.42 Å². The second-order valence-corrected chi connectivity index (χ2v) is 6.52. The predicted molar refractivity (Wildman–Crippen MR) is 88.9 cm³/mol. The number of sulfonamides is 1. The molecule has 0 saturated carbocycles. The van der Waals surface area contributed by atoms with Crippen LogP contribution in [0.4, 0.5) is 0 Å². The minimum absolute atomic E-state index is 0.151. The van der Waals surface area contributed by atoms with Crippen molar-refractivity contribution in [2.24, 2.45) is 9.50 Å². The number of hydrazone groups is 1. The molecule has 0 atom stereocenters. The number of benzene rings is 1. The van der Waals surface area contributed by atoms with Crippen LogP contribution in [-0.2, 0) is 10.0 Å². The molecule has 0 saturated heterocycles. The maximum absolute atomic E-state index is 12.2. The summed E-state index contributed by atoms with van der Waals surface area (Å²) in [6.45, 7) is 0.232. The van der Waals surface area contributed by atoms with Crippen molar-refractivity contribution >= 4 is 22.1 Å². The molecule has 0 unspecified atom stereocenters. The van der Waals surface area contributed by atoms with Crippen molar-refractivity contribution < 1.29 is 8.42 Å². The topological polar surface area (TPSA) is 98.8 Å². The fraction of sp³-hybridized carbons (Fsp3) is 0.125. The number of nitrogens with zero attached hydrogens (tertiary/aromatic N) is 5. The average molecular weight is 339 g/mol. The van der Waals surface area contributed by atoms with Crippen LogP contribution in [0.3, 0.4) is 0 Å². The summed E-state index contributed by atoms with van der Waals surface area (Å²) in [5.41, 5.74) is 1.24. The number of hydrogen-bond acceptors (Lipinski definition) is 6. The lowest BCUT2D eigenvalue weighted by atomic mass is 10.2. The predicted octanol–water partition coefficient (Wildman–Crippen LogP) is 1.78. The van der Waals surface area contributed by atoms with E-state index in [4.69, 9.17) is 5.26 Å². The second kappa shape index (κ2) is 6.60. The lowest BCUT2D eigenvalue weighted by Crippen LogP contribution is -2.27. The Balaban J connectivity index is 1.98. The summed E-state index contributed by atoms with van der Waals surface area (Å²) in [5.74, 6) is 0.223. The molecule has 1 aromatic carbocycles. The van der Waals surface area contributed by atoms with Crippen molar-refractivity contribution in [3.8, 4) is 6.07 Å². The van der Waals surface area contributed by atoms with Crippen LogP contribution < -0.4 is 0 Å². The van der Waals surface area contributed by atoms with Crippen LogP contribution in [0, 0.1) is 11.3 Å². The number of nitriles is 1. The Hall–Kier alpha value is -3.05. The molecule has 120 valence electrons. The van der Waals surface area contributed by atoms with Gasteiger partial charge in [0, 0.05) is 23.5 Å². The van der Waals surface area contributed by atoms with Crippen molar-refractivity contribution in [1.29, 1.82) is 5.26 Å². The van der Waals surface area contributed by atoms with Gasteiger partial charge >= 0.3 is 0 Å². The molecule has 0 N–H and O–H groups in total. The lowest BCUT2D eigenvalue weighted by Gasteiger charge is -2.17. The summed E-state index contributed by atoms with van der Waals surface area (Å²) < 4.78 is 28.2. The van der Waals surface area contributed by atoms with E-state index >= 15 is 0 Å². The van der Waals surface area contributed by atoms with Crippen molar-refractivity contribution in [1.82, 2.24) is 9.99 Å². The van der Waals surface area contributed by atoms with Crippen LogP contribution in [0.5, 0.6) is 0 Å². The van der Waals surface area contributed by atoms with Gasteiger partial charge in [0.2, 0.25) is 0 Å². The number of amidine groups is 1. The molecule has 1 aliphatic rings. The monoisotopic (exact) mass is 339 g/mol. The Morgan fingerprint density at radius 3 is 2.83 bits per heavy atom. The third kappa shape index (κ3) is 3.16. The lowest BCUT2D eigenvalue weighted by molar-refractivity contribution is 0.459. The normalized spacial score (nSPS) is 14.9. The molecule has 1 aliphatic heterocycles. The van der Waals surface area contributed by atoms with Crippen LogP contribution >= 0.6 is 0 Å². The smallest absolute Gasteiger partial charge is 0.264 e. The van der Waals surface area contributed by atoms with Crippen LogP contribution in [0.25, 0.3) is 0 Å². The minimum atomic E-state index is -3.73. The molecule has 7 nitrogen and oxygen atoms in total. The fourth-order valence-corrected chi connectivity index (χ4v) is 3.44. The zero-order chi connectivity index (χ0) is 17.0. The summed E-state index contributed by atoms with van der Waals surface area (Å²) >= 11 is 0. The maximum Gasteiger partial charge on any atom is 0.285 e. The van der Waals surface area contributed by atoms with Crippen molar-refractivity contribution in [3.63, 3.8) is 0 Å². The van der Waals surface area contributed by atoms with E-state index < -0.39 is 10.0 Å². The number of hydrogen-bond donors (Lipinski definition) is 0. The molecule has 2 aromatic rings. The average Bonchev–Trinajstić information content (AvgIpc) is 2.88. The molecule has 0 aliphatic carbocycles. The Kier molecular flexibility index (Phi) is 4.35. The Bertz CT molecular complexity index is 946. The van der Waals surface area contributed by atoms with E-state index in [1.54, 1.807) is 42.9 Å². The first-order chi connectivity index (χ1) is 11.6. The van der Waals surface area contributed by atoms with Crippen molar-refractivity contribution in [3.05, 3.63) is 59.9 Å². The number of aromatic nitrogens is 1. The summed E-state index contributed by atoms with van der Waals surface area (Å²) in [6, 6.07) is 12.2. The molecule has 3 rings (SSSR count). The van der Waals surface area contributed by atoms with Gasteiger partial charge in [-0.05, 0) is 18.2 Å². The van der Waals surface area contributed by atoms with E-state index in [2.05, 4.69) is 14.5 Å². The molecule has 0 radical (unpaired) electrons. The molecule has 8 heteroatoms. The van der Waals surface area contributed by atoms with Crippen molar-refractivity contribution in [2.45, 2.75) is 11.3 Å². The van der Waals surface area contributed by atoms with Crippen LogP contribution in [-0.4, -0.2) is 37.0 Å². The standard InChI is InChI=1S/C16H13N5O2S/c17-8-4-10-21(19-12-13-5-3-9-18-11-13)16-14-6-1-2-7-15(14)24(22,23)20-16/h1-3,5-7,9,11-12H,4,10H2. The van der Waals surface area contributed by atoms with Crippen molar-refractivity contribution in [2.75, 3.05) is 6.54 Å². The van der Waals surface area contributed by atoms with E-state index in [1.807, 2.05) is 12.1 Å². The number of pyridine rings is 1. The molecule has 24 heavy (non-hydrogen) atoms. The van der Waals surface area contributed by atoms with E-state index in [1.165, 1.54) is 11.1 Å². The van der Waals surface area contributed by atoms with Gasteiger partial charge < -0.3 is 0 Å². The Labute approximate surface area is 139 Å². The Morgan fingerprint density at radius 2 is 2.08 bits per heavy atom. The number of fused-ring (bicyclic) bond motifs is 1. The highest BCUT2D eigenvalue weighted by molar-refractivity contribution is 7.90. The van der Waals surface area contributed by atoms with Gasteiger partial charge in [-0.2, -0.15) is 18.8 Å². The highest BCUT2D eigenvalue weighted by Crippen LogP contribution is 2.27. The van der Waals surface area contributed by atoms with Gasteiger partial charge in [-0.25, -0.2) is 5.01 Å². The first kappa shape index (κ1) is 15.8. The van der Waals surface area contributed by atoms with E-state index in [0.29, 0.717) is 5.56 Å². The molecular weight excluding hydrogens is 326 g/mol. The maximum atomic E-state index is 12.2. The molecule has 0 bridgehead atoms. The van der Waals surface area contributed by atoms with Gasteiger partial charge in [-0.15, -0.1) is 4.40 Å². The minimum Gasteiger partial charge on any atom is -0.264 e. The molecule has 0 amide bonds. The first-order valence-electron chi connectivity index (χ1n) is 7.15. The molecular formula is C16H13N5O2S. The summed E-state index contributed by atoms with van der Waals surface area (Å²) in [6.07, 6.45) is 5.02. The summed E-state index contributed by atoms with van der Waals surface area (Å²) in [7, 11) is -3.73. The summed E-state index contributed by atoms with van der Waals surface area (Å²) in [5, 5.41) is 14.6. The zero-order valence-electron chi connectivity index (χ0n) is 12.6. The number of rotatable bonds is 4. The largest absolute Gasteiger partial charge is 0.285 e. The van der Waals surface area contributed by atoms with E-state index in [0.717, 1.165) is 5.56 Å². The van der Waals surface area contributed by atoms with Gasteiger partial charge in [0.25, 0.3) is 10.0 Å². The third-order valence-electron chi connectivity index (χ3n) is 3.32. The molecule has 0 fully saturated rings. The second-order valence-electron chi connectivity index (χ2n) is 4.95. The van der Waals surface area contributed by atoms with Crippen LogP contribution in [0.2, 0.25) is 0 Å². The van der Waals surface area contributed by atoms with Gasteiger partial charge in [-0.1, -0.05) is 18.2 Å². The van der Waals surface area contributed by atoms with Crippen LogP contribution in [0.1, 0.15) is 17.5 Å².